The Labute approximate surface area is 183 Å². The minimum Gasteiger partial charge on any atom is -0.494 e. The number of fused-ring (bicyclic) bond motifs is 1. The normalized spacial score (nSPS) is 14.2. The fraction of sp³-hybridized carbons (Fsp3) is 0.174. The molecule has 1 heterocycles. The van der Waals surface area contributed by atoms with E-state index < -0.39 is 23.6 Å². The van der Waals surface area contributed by atoms with Crippen LogP contribution in [0.25, 0.3) is 11.1 Å². The molecule has 0 bridgehead atoms. The monoisotopic (exact) mass is 446 g/mol. The van der Waals surface area contributed by atoms with Gasteiger partial charge in [0.1, 0.15) is 17.7 Å². The van der Waals surface area contributed by atoms with Gasteiger partial charge in [-0.15, -0.1) is 0 Å². The van der Waals surface area contributed by atoms with Crippen molar-refractivity contribution in [3.8, 4) is 22.6 Å². The van der Waals surface area contributed by atoms with Crippen molar-refractivity contribution in [1.29, 1.82) is 0 Å². The Hall–Kier alpha value is -3.16. The van der Waals surface area contributed by atoms with Crippen LogP contribution in [0.15, 0.2) is 48.5 Å². The predicted octanol–water partition coefficient (Wildman–Crippen LogP) is 4.64. The number of nitrogens with two attached hydrogens (primary N) is 2. The second-order valence-electron chi connectivity index (χ2n) is 6.61. The summed E-state index contributed by atoms with van der Waals surface area (Å²) >= 11 is 6.26. The van der Waals surface area contributed by atoms with Crippen LogP contribution in [0.4, 0.5) is 8.78 Å². The highest BCUT2D eigenvalue weighted by Gasteiger charge is 2.33. The first kappa shape index (κ1) is 22.5. The van der Waals surface area contributed by atoms with Gasteiger partial charge in [0.25, 0.3) is 0 Å². The highest BCUT2D eigenvalue weighted by molar-refractivity contribution is 6.34. The molecule has 0 spiro atoms. The zero-order valence-electron chi connectivity index (χ0n) is 16.9. The van der Waals surface area contributed by atoms with E-state index in [1.165, 1.54) is 32.4 Å². The van der Waals surface area contributed by atoms with E-state index in [4.69, 9.17) is 26.8 Å². The number of halogens is 3. The van der Waals surface area contributed by atoms with Crippen LogP contribution in [0.3, 0.4) is 0 Å². The van der Waals surface area contributed by atoms with E-state index >= 15 is 4.39 Å². The zero-order valence-corrected chi connectivity index (χ0v) is 17.7. The number of carbonyl (C=O) groups excluding carboxylic acids is 1. The maximum Gasteiger partial charge on any atom is 0.249 e. The number of rotatable bonds is 4. The Morgan fingerprint density at radius 1 is 1.13 bits per heavy atom. The molecular weight excluding hydrogens is 426 g/mol. The molecule has 0 radical (unpaired) electrons. The topological polar surface area (TPSA) is 87.6 Å². The van der Waals surface area contributed by atoms with Gasteiger partial charge < -0.3 is 20.9 Å². The Kier molecular flexibility index (Phi) is 6.77. The Morgan fingerprint density at radius 2 is 1.81 bits per heavy atom. The summed E-state index contributed by atoms with van der Waals surface area (Å²) in [7, 11) is 2.79. The maximum absolute atomic E-state index is 15.2. The molecule has 8 heteroatoms. The minimum atomic E-state index is -0.867. The number of hydrogen-bond acceptors (Lipinski definition) is 4. The number of primary amides is 1. The van der Waals surface area contributed by atoms with Crippen molar-refractivity contribution in [2.45, 2.75) is 12.5 Å². The maximum atomic E-state index is 15.2. The number of methoxy groups -OCH3 is 1. The molecule has 1 aliphatic heterocycles. The van der Waals surface area contributed by atoms with Crippen LogP contribution in [0.2, 0.25) is 5.02 Å². The Morgan fingerprint density at radius 3 is 2.42 bits per heavy atom. The smallest absolute Gasteiger partial charge is 0.249 e. The summed E-state index contributed by atoms with van der Waals surface area (Å²) in [5.74, 6) is -2.37. The summed E-state index contributed by atoms with van der Waals surface area (Å²) in [6.45, 7) is 0. The number of benzene rings is 3. The van der Waals surface area contributed by atoms with Crippen molar-refractivity contribution in [1.82, 2.24) is 0 Å². The van der Waals surface area contributed by atoms with E-state index in [9.17, 15) is 9.18 Å². The van der Waals surface area contributed by atoms with Crippen LogP contribution in [0.5, 0.6) is 11.5 Å². The van der Waals surface area contributed by atoms with Gasteiger partial charge >= 0.3 is 0 Å². The molecule has 3 aromatic rings. The quantitative estimate of drug-likeness (QED) is 0.611. The number of hydrogen-bond donors (Lipinski definition) is 2. The van der Waals surface area contributed by atoms with Gasteiger partial charge in [-0.2, -0.15) is 0 Å². The summed E-state index contributed by atoms with van der Waals surface area (Å²) in [5, 5.41) is -0.310. The summed E-state index contributed by atoms with van der Waals surface area (Å²) in [6, 6.07) is 13.2. The van der Waals surface area contributed by atoms with Gasteiger partial charge in [-0.3, -0.25) is 4.79 Å². The second-order valence-corrected chi connectivity index (χ2v) is 6.99. The van der Waals surface area contributed by atoms with Gasteiger partial charge in [-0.05, 0) is 24.7 Å². The summed E-state index contributed by atoms with van der Waals surface area (Å²) in [5.41, 5.74) is 11.1. The molecule has 1 unspecified atom stereocenters. The fourth-order valence-corrected chi connectivity index (χ4v) is 3.87. The molecule has 162 valence electrons. The number of ether oxygens (including phenoxy) is 2. The Bertz CT molecular complexity index is 1120. The third-order valence-corrected chi connectivity index (χ3v) is 5.33. The van der Waals surface area contributed by atoms with Crippen LogP contribution in [0.1, 0.15) is 27.6 Å². The molecule has 0 fully saturated rings. The average Bonchev–Trinajstić information content (AvgIpc) is 3.20. The first-order valence-corrected chi connectivity index (χ1v) is 9.77. The molecule has 4 N–H and O–H groups in total. The van der Waals surface area contributed by atoms with Crippen molar-refractivity contribution in [3.63, 3.8) is 0 Å². The van der Waals surface area contributed by atoms with E-state index in [-0.39, 0.29) is 33.2 Å². The van der Waals surface area contributed by atoms with Crippen LogP contribution < -0.4 is 20.9 Å². The van der Waals surface area contributed by atoms with E-state index in [1.54, 1.807) is 0 Å². The van der Waals surface area contributed by atoms with Crippen molar-refractivity contribution in [2.75, 3.05) is 14.2 Å². The SMILES string of the molecule is CN.COc1ccc(C(N)=O)c(-c2c(Cl)c(F)cc3c2CC(c2ccccc2)O3)c1F. The molecule has 0 aromatic heterocycles. The van der Waals surface area contributed by atoms with Gasteiger partial charge in [0.15, 0.2) is 11.6 Å². The largest absolute Gasteiger partial charge is 0.494 e. The standard InChI is InChI=1S/C22H16ClF2NO3.CH5N/c1-28-15-8-7-12(22(26)27)19(21(15)25)18-13-9-16(11-5-3-2-4-6-11)29-17(13)10-14(24)20(18)23;1-2/h2-8,10,16H,9H2,1H3,(H2,26,27);2H2,1H3. The predicted molar refractivity (Wildman–Crippen MR) is 116 cm³/mol. The lowest BCUT2D eigenvalue weighted by Crippen LogP contribution is -2.14. The first-order valence-electron chi connectivity index (χ1n) is 9.39. The lowest BCUT2D eigenvalue weighted by molar-refractivity contribution is 0.100. The molecule has 1 atom stereocenters. The molecule has 3 aromatic carbocycles. The lowest BCUT2D eigenvalue weighted by atomic mass is 9.91. The molecule has 5 nitrogen and oxygen atoms in total. The summed E-state index contributed by atoms with van der Waals surface area (Å²) in [4.78, 5) is 12.0. The second kappa shape index (κ2) is 9.32. The van der Waals surface area contributed by atoms with Crippen molar-refractivity contribution in [3.05, 3.63) is 81.9 Å². The van der Waals surface area contributed by atoms with E-state index in [0.717, 1.165) is 5.56 Å². The van der Waals surface area contributed by atoms with Crippen LogP contribution >= 0.6 is 11.6 Å². The number of carbonyl (C=O) groups is 1. The third-order valence-electron chi connectivity index (χ3n) is 4.96. The Balaban J connectivity index is 0.00000132. The van der Waals surface area contributed by atoms with Crippen LogP contribution in [0, 0.1) is 11.6 Å². The van der Waals surface area contributed by atoms with Gasteiger partial charge in [-0.25, -0.2) is 8.78 Å². The van der Waals surface area contributed by atoms with Crippen molar-refractivity contribution >= 4 is 17.5 Å². The fourth-order valence-electron chi connectivity index (χ4n) is 3.61. The molecule has 0 saturated heterocycles. The molecular formula is C23H21ClF2N2O3. The van der Waals surface area contributed by atoms with Gasteiger partial charge in [-0.1, -0.05) is 41.9 Å². The third kappa shape index (κ3) is 4.06. The molecule has 31 heavy (non-hydrogen) atoms. The van der Waals surface area contributed by atoms with Crippen LogP contribution in [-0.4, -0.2) is 20.1 Å². The van der Waals surface area contributed by atoms with Crippen molar-refractivity contribution in [2.24, 2.45) is 11.5 Å². The van der Waals surface area contributed by atoms with Crippen LogP contribution in [-0.2, 0) is 6.42 Å². The van der Waals surface area contributed by atoms with Crippen molar-refractivity contribution < 1.29 is 23.0 Å². The highest BCUT2D eigenvalue weighted by atomic mass is 35.5. The molecule has 1 aliphatic rings. The summed E-state index contributed by atoms with van der Waals surface area (Å²) < 4.78 is 40.8. The molecule has 1 amide bonds. The highest BCUT2D eigenvalue weighted by Crippen LogP contribution is 2.48. The lowest BCUT2D eigenvalue weighted by Gasteiger charge is -2.16. The average molecular weight is 447 g/mol. The van der Waals surface area contributed by atoms with Gasteiger partial charge in [0.2, 0.25) is 5.91 Å². The molecule has 0 aliphatic carbocycles. The van der Waals surface area contributed by atoms with Gasteiger partial charge in [0.05, 0.1) is 17.7 Å². The van der Waals surface area contributed by atoms with Gasteiger partial charge in [0, 0.05) is 29.2 Å². The van der Waals surface area contributed by atoms with E-state index in [0.29, 0.717) is 12.0 Å². The van der Waals surface area contributed by atoms with E-state index in [2.05, 4.69) is 5.73 Å². The first-order chi connectivity index (χ1) is 14.9. The zero-order chi connectivity index (χ0) is 22.7. The molecule has 4 rings (SSSR count). The number of amides is 1. The minimum absolute atomic E-state index is 0.0466. The molecule has 0 saturated carbocycles. The summed E-state index contributed by atoms with van der Waals surface area (Å²) in [6.07, 6.45) is -0.0719. The van der Waals surface area contributed by atoms with E-state index in [1.807, 2.05) is 30.3 Å².